The zero-order valence-electron chi connectivity index (χ0n) is 17.1. The van der Waals surface area contributed by atoms with Crippen molar-refractivity contribution in [3.05, 3.63) is 119 Å². The van der Waals surface area contributed by atoms with E-state index < -0.39 is 23.5 Å². The molecule has 3 aromatic rings. The summed E-state index contributed by atoms with van der Waals surface area (Å²) in [6, 6.07) is 20.0. The Hall–Kier alpha value is -3.99. The van der Waals surface area contributed by atoms with Crippen LogP contribution in [0.2, 0.25) is 0 Å². The van der Waals surface area contributed by atoms with E-state index in [0.29, 0.717) is 0 Å². The lowest BCUT2D eigenvalue weighted by Crippen LogP contribution is -2.30. The van der Waals surface area contributed by atoms with Crippen LogP contribution in [0.3, 0.4) is 0 Å². The second kappa shape index (κ2) is 8.79. The lowest BCUT2D eigenvalue weighted by atomic mass is 9.94. The third-order valence-corrected chi connectivity index (χ3v) is 5.26. The predicted octanol–water partition coefficient (Wildman–Crippen LogP) is 4.57. The van der Waals surface area contributed by atoms with Crippen molar-refractivity contribution >= 4 is 17.8 Å². The zero-order chi connectivity index (χ0) is 21.8. The molecule has 0 aliphatic carbocycles. The molecule has 31 heavy (non-hydrogen) atoms. The Morgan fingerprint density at radius 3 is 2.48 bits per heavy atom. The number of aliphatic hydroxyl groups is 1. The van der Waals surface area contributed by atoms with Crippen molar-refractivity contribution < 1.29 is 14.7 Å². The molecule has 1 aliphatic rings. The Bertz CT molecular complexity index is 1150. The minimum atomic E-state index is -0.679. The zero-order valence-corrected chi connectivity index (χ0v) is 17.1. The molecule has 1 aliphatic heterocycles. The van der Waals surface area contributed by atoms with Crippen LogP contribution in [-0.4, -0.2) is 26.7 Å². The van der Waals surface area contributed by atoms with Crippen molar-refractivity contribution in [3.8, 4) is 0 Å². The Labute approximate surface area is 181 Å². The quantitative estimate of drug-likeness (QED) is 0.605. The monoisotopic (exact) mass is 410 g/mol. The van der Waals surface area contributed by atoms with Crippen molar-refractivity contribution in [3.63, 3.8) is 0 Å². The van der Waals surface area contributed by atoms with Gasteiger partial charge in [-0.1, -0.05) is 72.3 Å². The van der Waals surface area contributed by atoms with Crippen LogP contribution in [0.5, 0.6) is 0 Å². The highest BCUT2D eigenvalue weighted by molar-refractivity contribution is 6.14. The van der Waals surface area contributed by atoms with Gasteiger partial charge in [-0.3, -0.25) is 14.6 Å². The molecule has 1 amide bonds. The van der Waals surface area contributed by atoms with Crippen molar-refractivity contribution in [1.29, 1.82) is 0 Å². The fraction of sp³-hybridized carbons (Fsp3) is 0.115. The lowest BCUT2D eigenvalue weighted by Gasteiger charge is -2.26. The van der Waals surface area contributed by atoms with Crippen LogP contribution in [0.25, 0.3) is 6.08 Å². The summed E-state index contributed by atoms with van der Waals surface area (Å²) in [5, 5.41) is 10.7. The second-order valence-electron chi connectivity index (χ2n) is 7.48. The van der Waals surface area contributed by atoms with E-state index in [9.17, 15) is 14.7 Å². The van der Waals surface area contributed by atoms with Crippen LogP contribution >= 0.6 is 0 Å². The average molecular weight is 410 g/mol. The predicted molar refractivity (Wildman–Crippen MR) is 119 cm³/mol. The minimum Gasteiger partial charge on any atom is -0.503 e. The molecule has 154 valence electrons. The number of aryl methyl sites for hydroxylation is 1. The van der Waals surface area contributed by atoms with E-state index >= 15 is 0 Å². The largest absolute Gasteiger partial charge is 0.503 e. The van der Waals surface area contributed by atoms with Crippen LogP contribution in [0.1, 0.15) is 28.3 Å². The summed E-state index contributed by atoms with van der Waals surface area (Å²) in [6.07, 6.45) is 6.42. The maximum atomic E-state index is 13.1. The van der Waals surface area contributed by atoms with E-state index in [1.165, 1.54) is 11.0 Å². The number of carbonyl (C=O) groups is 2. The highest BCUT2D eigenvalue weighted by Crippen LogP contribution is 2.39. The summed E-state index contributed by atoms with van der Waals surface area (Å²) in [4.78, 5) is 31.7. The van der Waals surface area contributed by atoms with E-state index in [-0.39, 0.29) is 12.1 Å². The number of allylic oxidation sites excluding steroid dienone is 1. The van der Waals surface area contributed by atoms with Crippen molar-refractivity contribution in [2.45, 2.75) is 19.5 Å². The number of carbonyl (C=O) groups excluding carboxylic acids is 2. The van der Waals surface area contributed by atoms with Gasteiger partial charge in [-0.05, 0) is 35.8 Å². The van der Waals surface area contributed by atoms with E-state index in [4.69, 9.17) is 0 Å². The normalized spacial score (nSPS) is 16.4. The van der Waals surface area contributed by atoms with Gasteiger partial charge in [0.1, 0.15) is 0 Å². The molecule has 2 heterocycles. The van der Waals surface area contributed by atoms with Gasteiger partial charge in [-0.25, -0.2) is 0 Å². The molecule has 0 saturated heterocycles. The van der Waals surface area contributed by atoms with E-state index in [1.54, 1.807) is 24.5 Å². The number of aliphatic hydroxyl groups excluding tert-OH is 1. The highest BCUT2D eigenvalue weighted by Gasteiger charge is 2.42. The molecule has 0 unspecified atom stereocenters. The minimum absolute atomic E-state index is 0.0879. The maximum Gasteiger partial charge on any atom is 0.290 e. The highest BCUT2D eigenvalue weighted by atomic mass is 16.3. The van der Waals surface area contributed by atoms with Gasteiger partial charge in [0, 0.05) is 18.9 Å². The first-order chi connectivity index (χ1) is 15.0. The Morgan fingerprint density at radius 1 is 1.06 bits per heavy atom. The number of aromatic nitrogens is 1. The number of rotatable bonds is 6. The van der Waals surface area contributed by atoms with Crippen LogP contribution in [0, 0.1) is 6.92 Å². The number of hydrogen-bond donors (Lipinski definition) is 1. The molecule has 1 aromatic heterocycles. The van der Waals surface area contributed by atoms with Crippen LogP contribution in [-0.2, 0) is 16.1 Å². The number of amides is 1. The second-order valence-corrected chi connectivity index (χ2v) is 7.48. The Balaban J connectivity index is 1.72. The summed E-state index contributed by atoms with van der Waals surface area (Å²) >= 11 is 0. The molecule has 0 radical (unpaired) electrons. The smallest absolute Gasteiger partial charge is 0.290 e. The number of nitrogens with zero attached hydrogens (tertiary/aromatic N) is 2. The molecule has 0 spiro atoms. The molecule has 0 bridgehead atoms. The SMILES string of the molecule is Cc1ccc([C@H]2C(C(=O)/C=C/c3ccccc3)=C(O)C(=O)N2Cc2cccnc2)cc1. The first-order valence-corrected chi connectivity index (χ1v) is 10.0. The van der Waals surface area contributed by atoms with Crippen LogP contribution < -0.4 is 0 Å². The van der Waals surface area contributed by atoms with Gasteiger partial charge in [0.2, 0.25) is 0 Å². The first kappa shape index (κ1) is 20.3. The van der Waals surface area contributed by atoms with Crippen molar-refractivity contribution in [2.24, 2.45) is 0 Å². The fourth-order valence-corrected chi connectivity index (χ4v) is 3.68. The van der Waals surface area contributed by atoms with E-state index in [2.05, 4.69) is 4.98 Å². The summed E-state index contributed by atoms with van der Waals surface area (Å²) in [5.74, 6) is -1.46. The molecule has 0 fully saturated rings. The summed E-state index contributed by atoms with van der Waals surface area (Å²) in [7, 11) is 0. The summed E-state index contributed by atoms with van der Waals surface area (Å²) in [5.41, 5.74) is 3.60. The third-order valence-electron chi connectivity index (χ3n) is 5.26. The molecule has 5 heteroatoms. The van der Waals surface area contributed by atoms with Gasteiger partial charge >= 0.3 is 0 Å². The van der Waals surface area contributed by atoms with Crippen LogP contribution in [0.15, 0.2) is 96.5 Å². The number of ketones is 1. The van der Waals surface area contributed by atoms with Crippen molar-refractivity contribution in [2.75, 3.05) is 0 Å². The van der Waals surface area contributed by atoms with Gasteiger partial charge in [-0.15, -0.1) is 0 Å². The van der Waals surface area contributed by atoms with Crippen molar-refractivity contribution in [1.82, 2.24) is 9.88 Å². The molecule has 2 aromatic carbocycles. The molecule has 1 N–H and O–H groups in total. The van der Waals surface area contributed by atoms with Gasteiger partial charge in [-0.2, -0.15) is 0 Å². The molecule has 1 atom stereocenters. The van der Waals surface area contributed by atoms with E-state index in [1.807, 2.05) is 67.6 Å². The van der Waals surface area contributed by atoms with Gasteiger partial charge in [0.15, 0.2) is 11.5 Å². The fourth-order valence-electron chi connectivity index (χ4n) is 3.68. The first-order valence-electron chi connectivity index (χ1n) is 10.0. The van der Waals surface area contributed by atoms with Crippen LogP contribution in [0.4, 0.5) is 0 Å². The average Bonchev–Trinajstić information content (AvgIpc) is 3.04. The Kier molecular flexibility index (Phi) is 5.76. The number of benzene rings is 2. The molecular formula is C26H22N2O3. The molecule has 5 nitrogen and oxygen atoms in total. The molecular weight excluding hydrogens is 388 g/mol. The molecule has 4 rings (SSSR count). The number of pyridine rings is 1. The van der Waals surface area contributed by atoms with E-state index in [0.717, 1.165) is 22.3 Å². The summed E-state index contributed by atoms with van der Waals surface area (Å²) in [6.45, 7) is 2.20. The molecule has 0 saturated carbocycles. The van der Waals surface area contributed by atoms with Gasteiger partial charge < -0.3 is 10.0 Å². The maximum absolute atomic E-state index is 13.1. The topological polar surface area (TPSA) is 70.5 Å². The summed E-state index contributed by atoms with van der Waals surface area (Å²) < 4.78 is 0. The lowest BCUT2D eigenvalue weighted by molar-refractivity contribution is -0.130. The Morgan fingerprint density at radius 2 is 1.81 bits per heavy atom. The third kappa shape index (κ3) is 4.31. The number of hydrogen-bond acceptors (Lipinski definition) is 4. The van der Waals surface area contributed by atoms with Gasteiger partial charge in [0.25, 0.3) is 5.91 Å². The standard InChI is InChI=1S/C26H22N2O3/c1-18-9-12-21(13-10-18)24-23(22(29)14-11-19-6-3-2-4-7-19)25(30)26(31)28(24)17-20-8-5-15-27-16-20/h2-16,24,30H,17H2,1H3/b14-11+/t24-/m0/s1. The van der Waals surface area contributed by atoms with Gasteiger partial charge in [0.05, 0.1) is 11.6 Å².